The van der Waals surface area contributed by atoms with Gasteiger partial charge in [0.05, 0.1) is 12.1 Å². The molecule has 0 radical (unpaired) electrons. The second kappa shape index (κ2) is 6.03. The van der Waals surface area contributed by atoms with E-state index in [1.807, 2.05) is 20.8 Å². The molecule has 1 heterocycles. The molecule has 1 unspecified atom stereocenters. The summed E-state index contributed by atoms with van der Waals surface area (Å²) in [5.41, 5.74) is 0.565. The van der Waals surface area contributed by atoms with Gasteiger partial charge in [-0.1, -0.05) is 33.6 Å². The Kier molecular flexibility index (Phi) is 4.54. The number of carbonyl (C=O) groups excluding carboxylic acids is 1. The first-order chi connectivity index (χ1) is 9.75. The van der Waals surface area contributed by atoms with Crippen LogP contribution in [0.5, 0.6) is 0 Å². The van der Waals surface area contributed by atoms with Crippen LogP contribution >= 0.6 is 0 Å². The van der Waals surface area contributed by atoms with Gasteiger partial charge in [-0.3, -0.25) is 4.79 Å². The molecule has 2 rings (SSSR count). The van der Waals surface area contributed by atoms with Gasteiger partial charge in [-0.05, 0) is 17.8 Å². The van der Waals surface area contributed by atoms with Crippen molar-refractivity contribution in [3.05, 3.63) is 0 Å². The maximum absolute atomic E-state index is 11.9. The molecule has 0 aromatic rings. The molecule has 1 saturated carbocycles. The predicted octanol–water partition coefficient (Wildman–Crippen LogP) is 2.45. The summed E-state index contributed by atoms with van der Waals surface area (Å²) in [5, 5.41) is 17.5. The number of rotatable bonds is 6. The van der Waals surface area contributed by atoms with Crippen molar-refractivity contribution in [2.24, 2.45) is 16.4 Å². The minimum absolute atomic E-state index is 0.0358. The van der Waals surface area contributed by atoms with Crippen LogP contribution in [0.1, 0.15) is 52.9 Å². The summed E-state index contributed by atoms with van der Waals surface area (Å²) in [6.07, 6.45) is 3.34. The van der Waals surface area contributed by atoms with E-state index in [0.29, 0.717) is 19.4 Å². The molecule has 6 heteroatoms. The molecule has 0 aromatic carbocycles. The molecule has 0 spiro atoms. The maximum atomic E-state index is 11.9. The highest BCUT2D eigenvalue weighted by Gasteiger charge is 2.32. The zero-order valence-electron chi connectivity index (χ0n) is 13.1. The summed E-state index contributed by atoms with van der Waals surface area (Å²) in [6.45, 7) is 6.64. The van der Waals surface area contributed by atoms with Crippen molar-refractivity contribution < 1.29 is 14.7 Å². The van der Waals surface area contributed by atoms with Crippen LogP contribution in [0.15, 0.2) is 5.10 Å². The Labute approximate surface area is 125 Å². The van der Waals surface area contributed by atoms with Crippen LogP contribution in [-0.4, -0.2) is 40.4 Å². The zero-order chi connectivity index (χ0) is 15.6. The summed E-state index contributed by atoms with van der Waals surface area (Å²) in [5.74, 6) is 0.807. The van der Waals surface area contributed by atoms with Gasteiger partial charge in [0.25, 0.3) is 0 Å². The topological polar surface area (TPSA) is 82.0 Å². The van der Waals surface area contributed by atoms with Crippen LogP contribution in [0.25, 0.3) is 0 Å². The van der Waals surface area contributed by atoms with Crippen LogP contribution in [0.4, 0.5) is 4.79 Å². The van der Waals surface area contributed by atoms with Gasteiger partial charge in [-0.15, -0.1) is 0 Å². The Morgan fingerprint density at radius 3 is 2.67 bits per heavy atom. The monoisotopic (exact) mass is 295 g/mol. The van der Waals surface area contributed by atoms with Crippen molar-refractivity contribution >= 4 is 17.7 Å². The summed E-state index contributed by atoms with van der Waals surface area (Å²) < 4.78 is 0. The molecule has 118 valence electrons. The molecule has 1 fully saturated rings. The third kappa shape index (κ3) is 4.72. The van der Waals surface area contributed by atoms with Crippen molar-refractivity contribution in [1.82, 2.24) is 10.3 Å². The Morgan fingerprint density at radius 1 is 1.48 bits per heavy atom. The number of amides is 2. The van der Waals surface area contributed by atoms with E-state index in [9.17, 15) is 9.59 Å². The quantitative estimate of drug-likeness (QED) is 0.789. The number of carboxylic acid groups (broad SMARTS) is 1. The molecular weight excluding hydrogens is 270 g/mol. The summed E-state index contributed by atoms with van der Waals surface area (Å²) >= 11 is 0. The molecular formula is C15H25N3O3. The lowest BCUT2D eigenvalue weighted by atomic mass is 9.83. The van der Waals surface area contributed by atoms with Crippen LogP contribution in [0, 0.1) is 11.3 Å². The van der Waals surface area contributed by atoms with Gasteiger partial charge in [-0.25, -0.2) is 9.80 Å². The minimum atomic E-state index is -1.04. The number of carbonyl (C=O) groups is 2. The van der Waals surface area contributed by atoms with Crippen LogP contribution in [0.2, 0.25) is 0 Å². The standard InChI is InChI=1S/C15H25N3O3/c1-15(2,3)12(16-14(20)21)8-11-9-13(19)18(17-11)7-6-10-4-5-10/h10,12,16H,4-9H2,1-3H3,(H,20,21). The van der Waals surface area contributed by atoms with E-state index in [1.165, 1.54) is 12.8 Å². The third-order valence-electron chi connectivity index (χ3n) is 4.13. The lowest BCUT2D eigenvalue weighted by Gasteiger charge is -2.30. The average molecular weight is 295 g/mol. The number of nitrogens with zero attached hydrogens (tertiary/aromatic N) is 2. The minimum Gasteiger partial charge on any atom is -0.465 e. The van der Waals surface area contributed by atoms with E-state index in [2.05, 4.69) is 10.4 Å². The third-order valence-corrected chi connectivity index (χ3v) is 4.13. The largest absolute Gasteiger partial charge is 0.465 e. The number of hydrazone groups is 1. The van der Waals surface area contributed by atoms with Gasteiger partial charge in [0.2, 0.25) is 5.91 Å². The maximum Gasteiger partial charge on any atom is 0.404 e. The summed E-state index contributed by atoms with van der Waals surface area (Å²) in [7, 11) is 0. The fraction of sp³-hybridized carbons (Fsp3) is 0.800. The van der Waals surface area contributed by atoms with E-state index in [-0.39, 0.29) is 17.4 Å². The van der Waals surface area contributed by atoms with Crippen molar-refractivity contribution in [2.75, 3.05) is 6.54 Å². The van der Waals surface area contributed by atoms with E-state index < -0.39 is 6.09 Å². The molecule has 0 bridgehead atoms. The summed E-state index contributed by atoms with van der Waals surface area (Å²) in [6, 6.07) is -0.245. The van der Waals surface area contributed by atoms with Crippen molar-refractivity contribution in [2.45, 2.75) is 58.9 Å². The molecule has 6 nitrogen and oxygen atoms in total. The normalized spacial score (nSPS) is 20.4. The van der Waals surface area contributed by atoms with Gasteiger partial charge >= 0.3 is 6.09 Å². The molecule has 1 aliphatic heterocycles. The first kappa shape index (κ1) is 15.8. The fourth-order valence-electron chi connectivity index (χ4n) is 2.49. The highest BCUT2D eigenvalue weighted by atomic mass is 16.4. The lowest BCUT2D eigenvalue weighted by Crippen LogP contribution is -2.44. The molecule has 2 aliphatic rings. The molecule has 1 aliphatic carbocycles. The van der Waals surface area contributed by atoms with Gasteiger partial charge in [0.1, 0.15) is 0 Å². The smallest absolute Gasteiger partial charge is 0.404 e. The SMILES string of the molecule is CC(C)(C)C(CC1=NN(CCC2CC2)C(=O)C1)NC(=O)O. The Bertz CT molecular complexity index is 450. The van der Waals surface area contributed by atoms with E-state index in [4.69, 9.17) is 5.11 Å². The first-order valence-corrected chi connectivity index (χ1v) is 7.62. The van der Waals surface area contributed by atoms with Gasteiger partial charge < -0.3 is 10.4 Å². The summed E-state index contributed by atoms with van der Waals surface area (Å²) in [4.78, 5) is 22.9. The molecule has 0 aromatic heterocycles. The fourth-order valence-corrected chi connectivity index (χ4v) is 2.49. The van der Waals surface area contributed by atoms with Crippen molar-refractivity contribution in [3.8, 4) is 0 Å². The predicted molar refractivity (Wildman–Crippen MR) is 80.1 cm³/mol. The van der Waals surface area contributed by atoms with E-state index >= 15 is 0 Å². The average Bonchev–Trinajstić information content (AvgIpc) is 3.09. The second-order valence-electron chi connectivity index (χ2n) is 7.16. The molecule has 0 saturated heterocycles. The highest BCUT2D eigenvalue weighted by Crippen LogP contribution is 2.33. The Balaban J connectivity index is 1.94. The van der Waals surface area contributed by atoms with Gasteiger partial charge in [0, 0.05) is 19.0 Å². The zero-order valence-corrected chi connectivity index (χ0v) is 13.1. The lowest BCUT2D eigenvalue weighted by molar-refractivity contribution is -0.128. The highest BCUT2D eigenvalue weighted by molar-refractivity contribution is 6.05. The van der Waals surface area contributed by atoms with E-state index in [0.717, 1.165) is 18.1 Å². The Morgan fingerprint density at radius 2 is 2.14 bits per heavy atom. The van der Waals surface area contributed by atoms with Gasteiger partial charge in [0.15, 0.2) is 0 Å². The molecule has 21 heavy (non-hydrogen) atoms. The second-order valence-corrected chi connectivity index (χ2v) is 7.16. The van der Waals surface area contributed by atoms with Crippen LogP contribution in [-0.2, 0) is 4.79 Å². The van der Waals surface area contributed by atoms with Crippen molar-refractivity contribution in [1.29, 1.82) is 0 Å². The molecule has 2 N–H and O–H groups in total. The number of nitrogens with one attached hydrogen (secondary N) is 1. The van der Waals surface area contributed by atoms with Gasteiger partial charge in [-0.2, -0.15) is 5.10 Å². The molecule has 1 atom stereocenters. The Hall–Kier alpha value is -1.59. The van der Waals surface area contributed by atoms with E-state index in [1.54, 1.807) is 5.01 Å². The number of hydrogen-bond donors (Lipinski definition) is 2. The van der Waals surface area contributed by atoms with Crippen LogP contribution < -0.4 is 5.32 Å². The first-order valence-electron chi connectivity index (χ1n) is 7.62. The molecule has 2 amide bonds. The van der Waals surface area contributed by atoms with Crippen LogP contribution in [0.3, 0.4) is 0 Å². The van der Waals surface area contributed by atoms with Crippen molar-refractivity contribution in [3.63, 3.8) is 0 Å². The number of hydrogen-bond acceptors (Lipinski definition) is 3.